The van der Waals surface area contributed by atoms with Crippen molar-refractivity contribution in [3.8, 4) is 17.2 Å². The molecule has 26 nitrogen and oxygen atoms in total. The summed E-state index contributed by atoms with van der Waals surface area (Å²) in [5, 5.41) is 42.4. The Bertz CT molecular complexity index is 3780. The van der Waals surface area contributed by atoms with Crippen LogP contribution >= 0.6 is 0 Å². The Kier molecular flexibility index (Phi) is 10.9. The number of nitrogen functional groups attached to an aromatic ring is 1. The SMILES string of the molecule is Nc1c(N=Nc2cc3c(O)cc(S(=O)(=O)O)cc3cc2S(=O)(=O)O)cc(S(=O)(=O)O)c2cc(S(=O)(=O)O)c(N=Nc3ccc4c(O)cc(S(=O)(=O)O)cc4c3S(=O)(=O)O)c(O)c12. The molecule has 0 heterocycles. The number of anilines is 1. The third kappa shape index (κ3) is 8.56. The number of aromatic hydroxyl groups is 3. The van der Waals surface area contributed by atoms with E-state index in [1.165, 1.54) is 0 Å². The van der Waals surface area contributed by atoms with Crippen LogP contribution in [0.25, 0.3) is 32.3 Å². The first-order valence-electron chi connectivity index (χ1n) is 15.6. The fourth-order valence-corrected chi connectivity index (χ4v) is 9.80. The minimum Gasteiger partial charge on any atom is -0.507 e. The summed E-state index contributed by atoms with van der Waals surface area (Å²) in [6.07, 6.45) is 0. The zero-order valence-electron chi connectivity index (χ0n) is 29.5. The number of phenolic OH excluding ortho intramolecular Hbond substituents is 3. The second-order valence-corrected chi connectivity index (χ2v) is 20.9. The van der Waals surface area contributed by atoms with Crippen molar-refractivity contribution in [1.29, 1.82) is 0 Å². The largest absolute Gasteiger partial charge is 0.507 e. The van der Waals surface area contributed by atoms with E-state index in [1.807, 2.05) is 0 Å². The maximum atomic E-state index is 12.6. The molecule has 0 aliphatic carbocycles. The fourth-order valence-electron chi connectivity index (χ4n) is 5.93. The highest BCUT2D eigenvalue weighted by molar-refractivity contribution is 7.87. The molecule has 62 heavy (non-hydrogen) atoms. The maximum absolute atomic E-state index is 12.6. The van der Waals surface area contributed by atoms with Gasteiger partial charge in [0.1, 0.15) is 53.8 Å². The van der Waals surface area contributed by atoms with Gasteiger partial charge < -0.3 is 21.1 Å². The van der Waals surface area contributed by atoms with Gasteiger partial charge in [-0.05, 0) is 53.9 Å². The Labute approximate surface area is 346 Å². The molecule has 6 aromatic rings. The Morgan fingerprint density at radius 2 is 0.935 bits per heavy atom. The lowest BCUT2D eigenvalue weighted by molar-refractivity contribution is 0.470. The first-order chi connectivity index (χ1) is 28.2. The molecule has 32 heteroatoms. The zero-order valence-corrected chi connectivity index (χ0v) is 34.4. The molecule has 0 amide bonds. The predicted octanol–water partition coefficient (Wildman–Crippen LogP) is 4.16. The van der Waals surface area contributed by atoms with Gasteiger partial charge in [0.05, 0.1) is 20.9 Å². The molecule has 0 fully saturated rings. The van der Waals surface area contributed by atoms with E-state index in [1.54, 1.807) is 0 Å². The smallest absolute Gasteiger partial charge is 0.297 e. The van der Waals surface area contributed by atoms with E-state index in [0.29, 0.717) is 36.4 Å². The van der Waals surface area contributed by atoms with Crippen LogP contribution in [-0.4, -0.2) is 93.1 Å². The highest BCUT2D eigenvalue weighted by Crippen LogP contribution is 2.49. The summed E-state index contributed by atoms with van der Waals surface area (Å²) >= 11 is 0. The molecule has 0 saturated heterocycles. The molecule has 0 aliphatic heterocycles. The number of azo groups is 2. The average molecular weight is 980 g/mol. The van der Waals surface area contributed by atoms with Crippen molar-refractivity contribution >= 4 is 121 Å². The molecular formula is C30H21N5O21S6. The van der Waals surface area contributed by atoms with Crippen LogP contribution in [0.15, 0.2) is 110 Å². The second kappa shape index (κ2) is 14.8. The average Bonchev–Trinajstić information content (AvgIpc) is 3.10. The van der Waals surface area contributed by atoms with Crippen LogP contribution in [0.2, 0.25) is 0 Å². The Morgan fingerprint density at radius 3 is 1.47 bits per heavy atom. The molecule has 11 N–H and O–H groups in total. The van der Waals surface area contributed by atoms with Crippen LogP contribution in [0.3, 0.4) is 0 Å². The van der Waals surface area contributed by atoms with Crippen molar-refractivity contribution in [1.82, 2.24) is 0 Å². The van der Waals surface area contributed by atoms with Gasteiger partial charge in [-0.3, -0.25) is 27.3 Å². The van der Waals surface area contributed by atoms with Gasteiger partial charge in [0.2, 0.25) is 0 Å². The summed E-state index contributed by atoms with van der Waals surface area (Å²) < 4.78 is 206. The molecule has 328 valence electrons. The topological polar surface area (TPSA) is 462 Å². The predicted molar refractivity (Wildman–Crippen MR) is 208 cm³/mol. The normalized spacial score (nSPS) is 13.6. The number of hydrogen-bond donors (Lipinski definition) is 10. The Morgan fingerprint density at radius 1 is 0.419 bits per heavy atom. The third-order valence-electron chi connectivity index (χ3n) is 8.53. The lowest BCUT2D eigenvalue weighted by Crippen LogP contribution is -2.04. The number of nitrogens with two attached hydrogens (primary N) is 1. The van der Waals surface area contributed by atoms with Gasteiger partial charge in [0.15, 0.2) is 5.75 Å². The highest BCUT2D eigenvalue weighted by atomic mass is 32.2. The van der Waals surface area contributed by atoms with Gasteiger partial charge in [-0.1, -0.05) is 0 Å². The van der Waals surface area contributed by atoms with Gasteiger partial charge in [-0.15, -0.1) is 20.5 Å². The molecule has 0 spiro atoms. The lowest BCUT2D eigenvalue weighted by atomic mass is 10.0. The van der Waals surface area contributed by atoms with Gasteiger partial charge >= 0.3 is 0 Å². The highest BCUT2D eigenvalue weighted by Gasteiger charge is 2.30. The molecule has 0 aliphatic rings. The number of rotatable bonds is 10. The van der Waals surface area contributed by atoms with E-state index >= 15 is 0 Å². The third-order valence-corrected chi connectivity index (χ3v) is 13.8. The molecule has 0 radical (unpaired) electrons. The molecule has 6 rings (SSSR count). The van der Waals surface area contributed by atoms with E-state index in [4.69, 9.17) is 5.73 Å². The number of fused-ring (bicyclic) bond motifs is 3. The quantitative estimate of drug-likeness (QED) is 0.0523. The maximum Gasteiger partial charge on any atom is 0.297 e. The number of hydrogen-bond acceptors (Lipinski definition) is 20. The summed E-state index contributed by atoms with van der Waals surface area (Å²) in [7, 11) is -32.2. The minimum absolute atomic E-state index is 0.281. The van der Waals surface area contributed by atoms with Crippen LogP contribution < -0.4 is 5.73 Å². The standard InChI is InChI=1S/C30H21N5O21S6/c31-27-20(34-33-19-8-15-11(4-24(19)60(48,49)50)3-12(6-22(15)37)57(39,40)41)10-23(59(45,46)47)17-9-25(61(51,52)53)28(29(38)26(17)27)35-32-18-2-1-14-16(30(18)62(54,55)56)5-13(7-21(14)36)58(42,43)44/h1-10,36-38H,31H2,(H,39,40,41)(H,42,43,44)(H,45,46,47)(H,48,49,50)(H,51,52,53)(H,54,55,56). The van der Waals surface area contributed by atoms with E-state index in [-0.39, 0.29) is 11.5 Å². The van der Waals surface area contributed by atoms with Crippen LogP contribution in [0.5, 0.6) is 17.2 Å². The van der Waals surface area contributed by atoms with E-state index in [0.717, 1.165) is 18.2 Å². The second-order valence-electron chi connectivity index (χ2n) is 12.5. The van der Waals surface area contributed by atoms with Crippen LogP contribution in [0, 0.1) is 0 Å². The molecule has 0 unspecified atom stereocenters. The molecule has 0 bridgehead atoms. The van der Waals surface area contributed by atoms with E-state index in [9.17, 15) is 93.1 Å². The summed E-state index contributed by atoms with van der Waals surface area (Å²) in [4.78, 5) is -7.28. The number of nitrogens with zero attached hydrogens (tertiary/aromatic N) is 4. The Balaban J connectivity index is 1.65. The van der Waals surface area contributed by atoms with Crippen molar-refractivity contribution in [2.45, 2.75) is 29.4 Å². The van der Waals surface area contributed by atoms with Gasteiger partial charge in [-0.25, -0.2) is 0 Å². The molecule has 0 aromatic heterocycles. The van der Waals surface area contributed by atoms with Crippen molar-refractivity contribution in [3.63, 3.8) is 0 Å². The first-order valence-corrected chi connectivity index (χ1v) is 24.2. The van der Waals surface area contributed by atoms with E-state index in [2.05, 4.69) is 20.5 Å². The van der Waals surface area contributed by atoms with Gasteiger partial charge in [0.25, 0.3) is 60.7 Å². The first kappa shape index (κ1) is 45.5. The zero-order chi connectivity index (χ0) is 46.4. The summed E-state index contributed by atoms with van der Waals surface area (Å²) in [5.41, 5.74) is 1.12. The van der Waals surface area contributed by atoms with Crippen LogP contribution in [0.1, 0.15) is 0 Å². The summed E-state index contributed by atoms with van der Waals surface area (Å²) in [6.45, 7) is 0. The number of phenols is 3. The van der Waals surface area contributed by atoms with Crippen molar-refractivity contribution in [2.75, 3.05) is 5.73 Å². The Hall–Kier alpha value is -6.04. The summed E-state index contributed by atoms with van der Waals surface area (Å²) in [6, 6.07) is 5.85. The number of benzene rings is 6. The van der Waals surface area contributed by atoms with Crippen molar-refractivity contribution < 1.29 is 93.1 Å². The van der Waals surface area contributed by atoms with Gasteiger partial charge in [0, 0.05) is 33.7 Å². The monoisotopic (exact) mass is 979 g/mol. The molecular weight excluding hydrogens is 959 g/mol. The minimum atomic E-state index is -5.65. The molecule has 0 atom stereocenters. The van der Waals surface area contributed by atoms with Gasteiger partial charge in [-0.2, -0.15) is 50.5 Å². The van der Waals surface area contributed by atoms with Crippen molar-refractivity contribution in [3.05, 3.63) is 60.7 Å². The van der Waals surface area contributed by atoms with Crippen LogP contribution in [0.4, 0.5) is 28.4 Å². The molecule has 6 aromatic carbocycles. The molecule has 0 saturated carbocycles. The van der Waals surface area contributed by atoms with Crippen molar-refractivity contribution in [2.24, 2.45) is 20.5 Å². The van der Waals surface area contributed by atoms with E-state index < -0.39 is 163 Å². The fraction of sp³-hybridized carbons (Fsp3) is 0. The lowest BCUT2D eigenvalue weighted by Gasteiger charge is -2.15. The summed E-state index contributed by atoms with van der Waals surface area (Å²) in [5.74, 6) is -3.35. The van der Waals surface area contributed by atoms with Crippen LogP contribution in [-0.2, 0) is 60.7 Å².